The predicted octanol–water partition coefficient (Wildman–Crippen LogP) is 0.193. The van der Waals surface area contributed by atoms with Gasteiger partial charge in [0.05, 0.1) is 9.79 Å². The molecule has 0 amide bonds. The van der Waals surface area contributed by atoms with Gasteiger partial charge in [0.25, 0.3) is 0 Å². The zero-order valence-corrected chi connectivity index (χ0v) is 14.4. The van der Waals surface area contributed by atoms with Crippen molar-refractivity contribution >= 4 is 20.0 Å². The van der Waals surface area contributed by atoms with Crippen LogP contribution in [-0.2, 0) is 20.0 Å². The van der Waals surface area contributed by atoms with Gasteiger partial charge in [-0.1, -0.05) is 6.07 Å². The zero-order valence-electron chi connectivity index (χ0n) is 12.8. The first-order valence-corrected chi connectivity index (χ1v) is 10.6. The summed E-state index contributed by atoms with van der Waals surface area (Å²) in [4.78, 5) is 0.0378. The summed E-state index contributed by atoms with van der Waals surface area (Å²) in [6.07, 6.45) is 2.29. The number of hydrogen-bond acceptors (Lipinski definition) is 5. The van der Waals surface area contributed by atoms with Gasteiger partial charge in [-0.2, -0.15) is 8.61 Å². The molecule has 3 rings (SSSR count). The van der Waals surface area contributed by atoms with Gasteiger partial charge in [0.15, 0.2) is 0 Å². The van der Waals surface area contributed by atoms with Crippen LogP contribution in [0.3, 0.4) is 0 Å². The molecule has 0 aliphatic carbocycles. The highest BCUT2D eigenvalue weighted by atomic mass is 32.2. The maximum Gasteiger partial charge on any atom is 0.243 e. The van der Waals surface area contributed by atoms with E-state index in [0.29, 0.717) is 26.1 Å². The van der Waals surface area contributed by atoms with E-state index in [1.165, 1.54) is 32.9 Å². The van der Waals surface area contributed by atoms with Crippen molar-refractivity contribution in [3.05, 3.63) is 24.3 Å². The molecule has 2 fully saturated rings. The van der Waals surface area contributed by atoms with Crippen molar-refractivity contribution in [3.63, 3.8) is 0 Å². The zero-order chi connectivity index (χ0) is 16.7. The Bertz CT molecular complexity index is 786. The van der Waals surface area contributed by atoms with Gasteiger partial charge in [-0.05, 0) is 37.5 Å². The first kappa shape index (κ1) is 16.8. The standard InChI is InChI=1S/C14H21N3O4S2/c15-12-6-9-17(11-12)23(20,21)14-5-3-4-13(10-14)22(18,19)16-7-1-2-8-16/h3-5,10,12H,1-2,6-9,11,15H2/t12-/m1/s1. The van der Waals surface area contributed by atoms with E-state index >= 15 is 0 Å². The van der Waals surface area contributed by atoms with Crippen molar-refractivity contribution in [2.45, 2.75) is 35.1 Å². The van der Waals surface area contributed by atoms with Gasteiger partial charge >= 0.3 is 0 Å². The van der Waals surface area contributed by atoms with E-state index in [1.807, 2.05) is 0 Å². The van der Waals surface area contributed by atoms with E-state index in [9.17, 15) is 16.8 Å². The summed E-state index contributed by atoms with van der Waals surface area (Å²) in [6, 6.07) is 5.45. The molecule has 1 aromatic rings. The summed E-state index contributed by atoms with van der Waals surface area (Å²) in [5.74, 6) is 0. The molecule has 23 heavy (non-hydrogen) atoms. The Hall–Kier alpha value is -1.00. The van der Waals surface area contributed by atoms with Crippen molar-refractivity contribution in [2.75, 3.05) is 26.2 Å². The van der Waals surface area contributed by atoms with Crippen LogP contribution >= 0.6 is 0 Å². The van der Waals surface area contributed by atoms with Crippen molar-refractivity contribution in [2.24, 2.45) is 5.73 Å². The lowest BCUT2D eigenvalue weighted by Crippen LogP contribution is -2.32. The molecule has 2 aliphatic rings. The van der Waals surface area contributed by atoms with Gasteiger partial charge in [0, 0.05) is 32.2 Å². The molecular formula is C14H21N3O4S2. The minimum Gasteiger partial charge on any atom is -0.326 e. The van der Waals surface area contributed by atoms with E-state index in [-0.39, 0.29) is 22.4 Å². The fourth-order valence-electron chi connectivity index (χ4n) is 2.99. The second-order valence-electron chi connectivity index (χ2n) is 6.00. The first-order chi connectivity index (χ1) is 10.8. The highest BCUT2D eigenvalue weighted by Gasteiger charge is 2.33. The average Bonchev–Trinajstić information content (AvgIpc) is 3.19. The molecule has 2 N–H and O–H groups in total. The maximum atomic E-state index is 12.6. The van der Waals surface area contributed by atoms with E-state index in [4.69, 9.17) is 5.73 Å². The molecule has 0 saturated carbocycles. The largest absolute Gasteiger partial charge is 0.326 e. The summed E-state index contributed by atoms with van der Waals surface area (Å²) in [5.41, 5.74) is 5.77. The van der Waals surface area contributed by atoms with Gasteiger partial charge in [-0.15, -0.1) is 0 Å². The summed E-state index contributed by atoms with van der Waals surface area (Å²) in [6.45, 7) is 1.61. The normalized spacial score (nSPS) is 24.3. The molecule has 0 radical (unpaired) electrons. The number of nitrogens with two attached hydrogens (primary N) is 1. The van der Waals surface area contributed by atoms with E-state index in [2.05, 4.69) is 0 Å². The Morgan fingerprint density at radius 3 is 2.00 bits per heavy atom. The number of hydrogen-bond donors (Lipinski definition) is 1. The van der Waals surface area contributed by atoms with Gasteiger partial charge < -0.3 is 5.73 Å². The van der Waals surface area contributed by atoms with Crippen LogP contribution in [0.5, 0.6) is 0 Å². The quantitative estimate of drug-likeness (QED) is 0.827. The maximum absolute atomic E-state index is 12.6. The smallest absolute Gasteiger partial charge is 0.243 e. The minimum atomic E-state index is -3.71. The Balaban J connectivity index is 1.94. The number of nitrogens with zero attached hydrogens (tertiary/aromatic N) is 2. The Morgan fingerprint density at radius 1 is 0.913 bits per heavy atom. The summed E-state index contributed by atoms with van der Waals surface area (Å²) >= 11 is 0. The third-order valence-corrected chi connectivity index (χ3v) is 8.09. The van der Waals surface area contributed by atoms with E-state index in [0.717, 1.165) is 12.8 Å². The second-order valence-corrected chi connectivity index (χ2v) is 9.87. The molecule has 9 heteroatoms. The van der Waals surface area contributed by atoms with Gasteiger partial charge in [0.1, 0.15) is 0 Å². The molecule has 128 valence electrons. The lowest BCUT2D eigenvalue weighted by Gasteiger charge is -2.18. The van der Waals surface area contributed by atoms with Gasteiger partial charge in [-0.3, -0.25) is 0 Å². The van der Waals surface area contributed by atoms with Crippen LogP contribution in [0.15, 0.2) is 34.1 Å². The molecule has 0 unspecified atom stereocenters. The van der Waals surface area contributed by atoms with Gasteiger partial charge in [-0.25, -0.2) is 16.8 Å². The summed E-state index contributed by atoms with van der Waals surface area (Å²) in [5, 5.41) is 0. The highest BCUT2D eigenvalue weighted by Crippen LogP contribution is 2.25. The van der Waals surface area contributed by atoms with E-state index in [1.54, 1.807) is 0 Å². The second kappa shape index (κ2) is 6.14. The lowest BCUT2D eigenvalue weighted by molar-refractivity contribution is 0.471. The van der Waals surface area contributed by atoms with Crippen molar-refractivity contribution < 1.29 is 16.8 Å². The molecule has 7 nitrogen and oxygen atoms in total. The summed E-state index contributed by atoms with van der Waals surface area (Å²) < 4.78 is 53.2. The number of benzene rings is 1. The lowest BCUT2D eigenvalue weighted by atomic mass is 10.3. The highest BCUT2D eigenvalue weighted by molar-refractivity contribution is 7.90. The van der Waals surface area contributed by atoms with Crippen LogP contribution in [0.25, 0.3) is 0 Å². The molecule has 0 aromatic heterocycles. The number of rotatable bonds is 4. The van der Waals surface area contributed by atoms with Crippen LogP contribution in [-0.4, -0.2) is 57.7 Å². The SMILES string of the molecule is N[C@@H]1CCN(S(=O)(=O)c2cccc(S(=O)(=O)N3CCCC3)c2)C1. The average molecular weight is 359 g/mol. The summed E-state index contributed by atoms with van der Waals surface area (Å²) in [7, 11) is -7.34. The Labute approximate surface area is 137 Å². The Morgan fingerprint density at radius 2 is 1.48 bits per heavy atom. The molecule has 0 spiro atoms. The van der Waals surface area contributed by atoms with E-state index < -0.39 is 20.0 Å². The van der Waals surface area contributed by atoms with Crippen LogP contribution in [0, 0.1) is 0 Å². The minimum absolute atomic E-state index is 0.00636. The fraction of sp³-hybridized carbons (Fsp3) is 0.571. The third kappa shape index (κ3) is 3.16. The molecule has 1 aromatic carbocycles. The molecule has 2 saturated heterocycles. The molecule has 2 heterocycles. The fourth-order valence-corrected chi connectivity index (χ4v) is 6.19. The third-order valence-electron chi connectivity index (χ3n) is 4.33. The number of sulfonamides is 2. The molecular weight excluding hydrogens is 338 g/mol. The Kier molecular flexibility index (Phi) is 4.49. The van der Waals surface area contributed by atoms with Crippen molar-refractivity contribution in [3.8, 4) is 0 Å². The molecule has 2 aliphatic heterocycles. The monoisotopic (exact) mass is 359 g/mol. The topological polar surface area (TPSA) is 101 Å². The predicted molar refractivity (Wildman–Crippen MR) is 85.8 cm³/mol. The molecule has 0 bridgehead atoms. The van der Waals surface area contributed by atoms with Crippen molar-refractivity contribution in [1.82, 2.24) is 8.61 Å². The van der Waals surface area contributed by atoms with Crippen LogP contribution in [0.1, 0.15) is 19.3 Å². The first-order valence-electron chi connectivity index (χ1n) is 7.68. The van der Waals surface area contributed by atoms with Crippen LogP contribution in [0.4, 0.5) is 0 Å². The van der Waals surface area contributed by atoms with Crippen LogP contribution in [0.2, 0.25) is 0 Å². The van der Waals surface area contributed by atoms with Gasteiger partial charge in [0.2, 0.25) is 20.0 Å². The molecule has 1 atom stereocenters. The van der Waals surface area contributed by atoms with Crippen molar-refractivity contribution in [1.29, 1.82) is 0 Å². The van der Waals surface area contributed by atoms with Crippen LogP contribution < -0.4 is 5.73 Å².